The summed E-state index contributed by atoms with van der Waals surface area (Å²) in [5.41, 5.74) is 0.973. The third-order valence-corrected chi connectivity index (χ3v) is 1.89. The van der Waals surface area contributed by atoms with Gasteiger partial charge < -0.3 is 4.42 Å². The lowest BCUT2D eigenvalue weighted by Gasteiger charge is -2.04. The van der Waals surface area contributed by atoms with Crippen molar-refractivity contribution in [2.75, 3.05) is 0 Å². The van der Waals surface area contributed by atoms with Crippen LogP contribution in [-0.4, -0.2) is 15.0 Å². The van der Waals surface area contributed by atoms with Crippen LogP contribution in [0.2, 0.25) is 0 Å². The summed E-state index contributed by atoms with van der Waals surface area (Å²) in [7, 11) is 0. The van der Waals surface area contributed by atoms with Crippen LogP contribution in [0.1, 0.15) is 25.5 Å². The molecule has 0 aromatic carbocycles. The van der Waals surface area contributed by atoms with Gasteiger partial charge in [-0.25, -0.2) is 14.8 Å². The first kappa shape index (κ1) is 8.80. The number of hydrogen-bond acceptors (Lipinski definition) is 5. The summed E-state index contributed by atoms with van der Waals surface area (Å²) in [5.74, 6) is -0.465. The van der Waals surface area contributed by atoms with Crippen molar-refractivity contribution in [2.45, 2.75) is 19.8 Å². The van der Waals surface area contributed by atoms with Gasteiger partial charge in [-0.05, 0) is 5.92 Å². The molecule has 5 heteroatoms. The lowest BCUT2D eigenvalue weighted by atomic mass is 10.1. The zero-order chi connectivity index (χ0) is 10.1. The van der Waals surface area contributed by atoms with E-state index in [2.05, 4.69) is 15.0 Å². The monoisotopic (exact) mass is 191 g/mol. The lowest BCUT2D eigenvalue weighted by molar-refractivity contribution is 0.512. The molecule has 0 unspecified atom stereocenters. The maximum absolute atomic E-state index is 11.1. The molecule has 2 aromatic rings. The highest BCUT2D eigenvalue weighted by Crippen LogP contribution is 2.18. The van der Waals surface area contributed by atoms with Gasteiger partial charge >= 0.3 is 5.76 Å². The molecule has 0 radical (unpaired) electrons. The average molecular weight is 191 g/mol. The molecule has 14 heavy (non-hydrogen) atoms. The third-order valence-electron chi connectivity index (χ3n) is 1.89. The molecule has 0 fully saturated rings. The highest BCUT2D eigenvalue weighted by Gasteiger charge is 2.10. The molecule has 72 valence electrons. The van der Waals surface area contributed by atoms with E-state index in [1.165, 1.54) is 6.33 Å². The van der Waals surface area contributed by atoms with Gasteiger partial charge in [0.2, 0.25) is 5.71 Å². The summed E-state index contributed by atoms with van der Waals surface area (Å²) in [6.45, 7) is 3.91. The highest BCUT2D eigenvalue weighted by atomic mass is 16.4. The first-order valence-electron chi connectivity index (χ1n) is 4.29. The van der Waals surface area contributed by atoms with Gasteiger partial charge in [0.25, 0.3) is 0 Å². The Kier molecular flexibility index (Phi) is 1.99. The second-order valence-electron chi connectivity index (χ2n) is 3.26. The molecule has 0 saturated carbocycles. The van der Waals surface area contributed by atoms with Crippen LogP contribution in [-0.2, 0) is 0 Å². The summed E-state index contributed by atoms with van der Waals surface area (Å²) in [4.78, 5) is 22.6. The zero-order valence-electron chi connectivity index (χ0n) is 7.89. The van der Waals surface area contributed by atoms with Gasteiger partial charge in [0, 0.05) is 6.20 Å². The van der Waals surface area contributed by atoms with Crippen molar-refractivity contribution in [3.05, 3.63) is 28.8 Å². The van der Waals surface area contributed by atoms with E-state index < -0.39 is 5.76 Å². The van der Waals surface area contributed by atoms with Crippen molar-refractivity contribution >= 4 is 11.1 Å². The Bertz CT molecular complexity index is 519. The zero-order valence-corrected chi connectivity index (χ0v) is 7.89. The molecule has 5 nitrogen and oxygen atoms in total. The molecule has 0 aliphatic carbocycles. The Morgan fingerprint density at radius 3 is 2.93 bits per heavy atom. The fourth-order valence-electron chi connectivity index (χ4n) is 1.28. The van der Waals surface area contributed by atoms with E-state index in [4.69, 9.17) is 4.42 Å². The molecular weight excluding hydrogens is 182 g/mol. The van der Waals surface area contributed by atoms with Crippen molar-refractivity contribution < 1.29 is 4.42 Å². The summed E-state index contributed by atoms with van der Waals surface area (Å²) in [6.07, 6.45) is 2.95. The van der Waals surface area contributed by atoms with E-state index in [9.17, 15) is 4.79 Å². The number of aromatic nitrogens is 3. The minimum Gasteiger partial charge on any atom is -0.389 e. The molecule has 0 N–H and O–H groups in total. The second-order valence-corrected chi connectivity index (χ2v) is 3.26. The molecule has 0 aliphatic heterocycles. The van der Waals surface area contributed by atoms with E-state index >= 15 is 0 Å². The third kappa shape index (κ3) is 1.37. The first-order chi connectivity index (χ1) is 6.68. The van der Waals surface area contributed by atoms with E-state index in [0.29, 0.717) is 16.8 Å². The van der Waals surface area contributed by atoms with Crippen molar-refractivity contribution in [1.82, 2.24) is 15.0 Å². The van der Waals surface area contributed by atoms with Crippen LogP contribution >= 0.6 is 0 Å². The van der Waals surface area contributed by atoms with Gasteiger partial charge in [-0.3, -0.25) is 0 Å². The molecule has 0 bridgehead atoms. The Hall–Kier alpha value is -1.78. The minimum absolute atomic E-state index is 0.146. The summed E-state index contributed by atoms with van der Waals surface area (Å²) >= 11 is 0. The topological polar surface area (TPSA) is 68.9 Å². The standard InChI is InChI=1S/C9H9N3O2/c1-5(2)7-6-3-10-4-11-8(6)14-9(13)12-7/h3-5H,1-2H3. The van der Waals surface area contributed by atoms with Crippen molar-refractivity contribution in [1.29, 1.82) is 0 Å². The quantitative estimate of drug-likeness (QED) is 0.675. The van der Waals surface area contributed by atoms with E-state index in [0.717, 1.165) is 0 Å². The highest BCUT2D eigenvalue weighted by molar-refractivity contribution is 5.74. The summed E-state index contributed by atoms with van der Waals surface area (Å²) in [5, 5.41) is 0.696. The molecule has 2 rings (SSSR count). The van der Waals surface area contributed by atoms with Crippen LogP contribution in [0.15, 0.2) is 21.7 Å². The van der Waals surface area contributed by atoms with Gasteiger partial charge in [0.1, 0.15) is 6.33 Å². The fourth-order valence-corrected chi connectivity index (χ4v) is 1.28. The van der Waals surface area contributed by atoms with Crippen LogP contribution in [0.4, 0.5) is 0 Å². The normalized spacial score (nSPS) is 11.1. The van der Waals surface area contributed by atoms with E-state index in [1.54, 1.807) is 6.20 Å². The minimum atomic E-state index is -0.611. The molecule has 0 atom stereocenters. The van der Waals surface area contributed by atoms with Gasteiger partial charge in [-0.2, -0.15) is 4.98 Å². The Balaban J connectivity index is 2.87. The molecule has 0 saturated heterocycles. The van der Waals surface area contributed by atoms with Crippen LogP contribution in [0.5, 0.6) is 0 Å². The Labute approximate surface area is 79.8 Å². The van der Waals surface area contributed by atoms with Crippen LogP contribution < -0.4 is 5.76 Å². The SMILES string of the molecule is CC(C)c1nc(=O)oc2ncncc12. The number of hydrogen-bond donors (Lipinski definition) is 0. The molecule has 0 aliphatic rings. The van der Waals surface area contributed by atoms with Crippen LogP contribution in [0.3, 0.4) is 0 Å². The van der Waals surface area contributed by atoms with E-state index in [1.807, 2.05) is 13.8 Å². The number of nitrogens with zero attached hydrogens (tertiary/aromatic N) is 3. The van der Waals surface area contributed by atoms with Gasteiger partial charge in [0.15, 0.2) is 0 Å². The molecule has 0 spiro atoms. The van der Waals surface area contributed by atoms with Crippen molar-refractivity contribution in [2.24, 2.45) is 0 Å². The second kappa shape index (κ2) is 3.17. The van der Waals surface area contributed by atoms with Crippen molar-refractivity contribution in [3.8, 4) is 0 Å². The van der Waals surface area contributed by atoms with Gasteiger partial charge in [-0.1, -0.05) is 13.8 Å². The summed E-state index contributed by atoms with van der Waals surface area (Å²) < 4.78 is 4.83. The molecule has 0 amide bonds. The summed E-state index contributed by atoms with van der Waals surface area (Å²) in [6, 6.07) is 0. The molecule has 2 aromatic heterocycles. The molecule has 2 heterocycles. The predicted octanol–water partition coefficient (Wildman–Crippen LogP) is 1.10. The Morgan fingerprint density at radius 1 is 1.43 bits per heavy atom. The largest absolute Gasteiger partial charge is 0.440 e. The van der Waals surface area contributed by atoms with Crippen LogP contribution in [0, 0.1) is 0 Å². The predicted molar refractivity (Wildman–Crippen MR) is 50.0 cm³/mol. The Morgan fingerprint density at radius 2 is 2.21 bits per heavy atom. The fraction of sp³-hybridized carbons (Fsp3) is 0.333. The smallest absolute Gasteiger partial charge is 0.389 e. The number of fused-ring (bicyclic) bond motifs is 1. The average Bonchev–Trinajstić information content (AvgIpc) is 2.16. The molecular formula is C9H9N3O2. The maximum Gasteiger partial charge on any atom is 0.440 e. The number of rotatable bonds is 1. The van der Waals surface area contributed by atoms with Crippen molar-refractivity contribution in [3.63, 3.8) is 0 Å². The lowest BCUT2D eigenvalue weighted by Crippen LogP contribution is -2.09. The first-order valence-corrected chi connectivity index (χ1v) is 4.29. The maximum atomic E-state index is 11.1. The van der Waals surface area contributed by atoms with E-state index in [-0.39, 0.29) is 5.92 Å². The van der Waals surface area contributed by atoms with Gasteiger partial charge in [0.05, 0.1) is 11.1 Å². The van der Waals surface area contributed by atoms with Crippen LogP contribution in [0.25, 0.3) is 11.1 Å². The van der Waals surface area contributed by atoms with Gasteiger partial charge in [-0.15, -0.1) is 0 Å².